The molecule has 0 aliphatic carbocycles. The number of benzene rings is 1. The van der Waals surface area contributed by atoms with Gasteiger partial charge in [-0.25, -0.2) is 8.42 Å². The molecule has 2 atom stereocenters. The first kappa shape index (κ1) is 17.1. The molecule has 9 heteroatoms. The number of carboxylic acids is 1. The van der Waals surface area contributed by atoms with Gasteiger partial charge in [-0.3, -0.25) is 14.9 Å². The Labute approximate surface area is 122 Å². The number of rotatable bonds is 7. The lowest BCUT2D eigenvalue weighted by atomic mass is 10.0. The summed E-state index contributed by atoms with van der Waals surface area (Å²) in [7, 11) is -4.06. The molecule has 116 valence electrons. The lowest BCUT2D eigenvalue weighted by Crippen LogP contribution is -2.44. The molecule has 1 rings (SSSR count). The fourth-order valence-corrected chi connectivity index (χ4v) is 2.93. The summed E-state index contributed by atoms with van der Waals surface area (Å²) in [5.74, 6) is -1.66. The van der Waals surface area contributed by atoms with Crippen molar-refractivity contribution >= 4 is 21.7 Å². The summed E-state index contributed by atoms with van der Waals surface area (Å²) in [6.07, 6.45) is 0.486. The zero-order valence-electron chi connectivity index (χ0n) is 11.5. The van der Waals surface area contributed by atoms with Crippen LogP contribution in [0.5, 0.6) is 0 Å². The molecule has 1 aromatic carbocycles. The molecule has 0 heterocycles. The highest BCUT2D eigenvalue weighted by Crippen LogP contribution is 2.17. The van der Waals surface area contributed by atoms with Gasteiger partial charge in [-0.2, -0.15) is 4.72 Å². The van der Waals surface area contributed by atoms with Crippen LogP contribution < -0.4 is 4.72 Å². The van der Waals surface area contributed by atoms with Crippen molar-refractivity contribution in [2.45, 2.75) is 31.2 Å². The predicted molar refractivity (Wildman–Crippen MR) is 74.3 cm³/mol. The van der Waals surface area contributed by atoms with E-state index in [1.54, 1.807) is 13.8 Å². The maximum atomic E-state index is 12.1. The van der Waals surface area contributed by atoms with Crippen molar-refractivity contribution in [2.24, 2.45) is 5.92 Å². The molecule has 0 saturated carbocycles. The molecule has 0 spiro atoms. The van der Waals surface area contributed by atoms with Gasteiger partial charge in [-0.15, -0.1) is 0 Å². The predicted octanol–water partition coefficient (Wildman–Crippen LogP) is 1.37. The summed E-state index contributed by atoms with van der Waals surface area (Å²) in [5.41, 5.74) is -0.245. The van der Waals surface area contributed by atoms with Crippen LogP contribution in [0.15, 0.2) is 29.2 Å². The molecular formula is C12H16N2O6S. The molecule has 2 N–H and O–H groups in total. The van der Waals surface area contributed by atoms with Gasteiger partial charge in [0.1, 0.15) is 6.04 Å². The number of carboxylic acid groups (broad SMARTS) is 1. The molecule has 1 aromatic rings. The number of nitro groups is 1. The number of nitro benzene ring substituents is 1. The molecule has 0 amide bonds. The van der Waals surface area contributed by atoms with Crippen molar-refractivity contribution in [3.63, 3.8) is 0 Å². The van der Waals surface area contributed by atoms with Gasteiger partial charge < -0.3 is 5.11 Å². The number of sulfonamides is 1. The highest BCUT2D eigenvalue weighted by atomic mass is 32.2. The van der Waals surface area contributed by atoms with Crippen LogP contribution in [0.25, 0.3) is 0 Å². The highest BCUT2D eigenvalue weighted by molar-refractivity contribution is 7.89. The molecule has 8 nitrogen and oxygen atoms in total. The molecular weight excluding hydrogens is 300 g/mol. The van der Waals surface area contributed by atoms with Crippen LogP contribution in [0.3, 0.4) is 0 Å². The minimum Gasteiger partial charge on any atom is -0.480 e. The lowest BCUT2D eigenvalue weighted by molar-refractivity contribution is -0.384. The third kappa shape index (κ3) is 4.23. The van der Waals surface area contributed by atoms with E-state index in [1.807, 2.05) is 0 Å². The highest BCUT2D eigenvalue weighted by Gasteiger charge is 2.29. The topological polar surface area (TPSA) is 127 Å². The van der Waals surface area contributed by atoms with Crippen molar-refractivity contribution < 1.29 is 23.2 Å². The summed E-state index contributed by atoms with van der Waals surface area (Å²) in [5, 5.41) is 19.6. The first-order chi connectivity index (χ1) is 9.69. The van der Waals surface area contributed by atoms with E-state index >= 15 is 0 Å². The lowest BCUT2D eigenvalue weighted by Gasteiger charge is -2.20. The van der Waals surface area contributed by atoms with Crippen molar-refractivity contribution in [1.29, 1.82) is 0 Å². The van der Waals surface area contributed by atoms with E-state index in [0.29, 0.717) is 6.42 Å². The third-order valence-corrected chi connectivity index (χ3v) is 4.58. The first-order valence-corrected chi connectivity index (χ1v) is 7.67. The molecule has 21 heavy (non-hydrogen) atoms. The Morgan fingerprint density at radius 3 is 2.29 bits per heavy atom. The minimum atomic E-state index is -4.06. The SMILES string of the molecule is CCC(C)[C@H](NS(=O)(=O)c1ccc([N+](=O)[O-])cc1)C(=O)O. The molecule has 0 fully saturated rings. The van der Waals surface area contributed by atoms with E-state index in [0.717, 1.165) is 24.3 Å². The van der Waals surface area contributed by atoms with E-state index < -0.39 is 32.9 Å². The molecule has 0 aromatic heterocycles. The Morgan fingerprint density at radius 1 is 1.38 bits per heavy atom. The van der Waals surface area contributed by atoms with Crippen LogP contribution in [0.1, 0.15) is 20.3 Å². The molecule has 1 unspecified atom stereocenters. The molecule has 0 aliphatic heterocycles. The van der Waals surface area contributed by atoms with Gasteiger partial charge in [0.25, 0.3) is 5.69 Å². The van der Waals surface area contributed by atoms with Crippen molar-refractivity contribution in [1.82, 2.24) is 4.72 Å². The van der Waals surface area contributed by atoms with Gasteiger partial charge >= 0.3 is 5.97 Å². The summed E-state index contributed by atoms with van der Waals surface area (Å²) in [4.78, 5) is 20.8. The zero-order chi connectivity index (χ0) is 16.2. The molecule has 0 aliphatic rings. The van der Waals surface area contributed by atoms with Gasteiger partial charge in [-0.05, 0) is 18.1 Å². The Bertz CT molecular complexity index is 626. The van der Waals surface area contributed by atoms with E-state index in [4.69, 9.17) is 5.11 Å². The monoisotopic (exact) mass is 316 g/mol. The zero-order valence-corrected chi connectivity index (χ0v) is 12.3. The second kappa shape index (κ2) is 6.64. The summed E-state index contributed by atoms with van der Waals surface area (Å²) in [6.45, 7) is 3.37. The summed E-state index contributed by atoms with van der Waals surface area (Å²) < 4.78 is 26.3. The van der Waals surface area contributed by atoms with Crippen LogP contribution in [0.2, 0.25) is 0 Å². The number of nitrogens with one attached hydrogen (secondary N) is 1. The van der Waals surface area contributed by atoms with Gasteiger partial charge in [-0.1, -0.05) is 20.3 Å². The normalized spacial score (nSPS) is 14.4. The smallest absolute Gasteiger partial charge is 0.322 e. The second-order valence-corrected chi connectivity index (χ2v) is 6.29. The largest absolute Gasteiger partial charge is 0.480 e. The number of carbonyl (C=O) groups is 1. The quantitative estimate of drug-likeness (QED) is 0.578. The van der Waals surface area contributed by atoms with Gasteiger partial charge in [0.15, 0.2) is 0 Å². The van der Waals surface area contributed by atoms with Gasteiger partial charge in [0.05, 0.1) is 9.82 Å². The Morgan fingerprint density at radius 2 is 1.90 bits per heavy atom. The van der Waals surface area contributed by atoms with Gasteiger partial charge in [0, 0.05) is 12.1 Å². The Hall–Kier alpha value is -2.00. The van der Waals surface area contributed by atoms with Crippen LogP contribution in [0.4, 0.5) is 5.69 Å². The fraction of sp³-hybridized carbons (Fsp3) is 0.417. The first-order valence-electron chi connectivity index (χ1n) is 6.18. The second-order valence-electron chi connectivity index (χ2n) is 4.57. The Balaban J connectivity index is 3.04. The fourth-order valence-electron chi connectivity index (χ4n) is 1.63. The summed E-state index contributed by atoms with van der Waals surface area (Å²) in [6, 6.07) is 2.97. The number of nitrogens with zero attached hydrogens (tertiary/aromatic N) is 1. The standard InChI is InChI=1S/C12H16N2O6S/c1-3-8(2)11(12(15)16)13-21(19,20)10-6-4-9(5-7-10)14(17)18/h4-8,11,13H,3H2,1-2H3,(H,15,16)/t8?,11-/m0/s1. The molecule has 0 radical (unpaired) electrons. The maximum absolute atomic E-state index is 12.1. The number of hydrogen-bond acceptors (Lipinski definition) is 5. The number of non-ortho nitro benzene ring substituents is 1. The number of hydrogen-bond donors (Lipinski definition) is 2. The van der Waals surface area contributed by atoms with Crippen LogP contribution in [0, 0.1) is 16.0 Å². The van der Waals surface area contributed by atoms with Crippen LogP contribution in [-0.4, -0.2) is 30.5 Å². The average Bonchev–Trinajstić information content (AvgIpc) is 2.43. The number of aliphatic carboxylic acids is 1. The maximum Gasteiger partial charge on any atom is 0.322 e. The molecule has 0 saturated heterocycles. The average molecular weight is 316 g/mol. The molecule has 0 bridgehead atoms. The minimum absolute atomic E-state index is 0.220. The van der Waals surface area contributed by atoms with E-state index in [1.165, 1.54) is 0 Å². The van der Waals surface area contributed by atoms with E-state index in [2.05, 4.69) is 4.72 Å². The van der Waals surface area contributed by atoms with Crippen molar-refractivity contribution in [3.05, 3.63) is 34.4 Å². The van der Waals surface area contributed by atoms with Gasteiger partial charge in [0.2, 0.25) is 10.0 Å². The van der Waals surface area contributed by atoms with Crippen LogP contribution >= 0.6 is 0 Å². The van der Waals surface area contributed by atoms with E-state index in [9.17, 15) is 23.3 Å². The van der Waals surface area contributed by atoms with Crippen LogP contribution in [-0.2, 0) is 14.8 Å². The van der Waals surface area contributed by atoms with Crippen molar-refractivity contribution in [2.75, 3.05) is 0 Å². The third-order valence-electron chi connectivity index (χ3n) is 3.12. The van der Waals surface area contributed by atoms with Crippen molar-refractivity contribution in [3.8, 4) is 0 Å². The van der Waals surface area contributed by atoms with E-state index in [-0.39, 0.29) is 10.6 Å². The summed E-state index contributed by atoms with van der Waals surface area (Å²) >= 11 is 0. The Kier molecular flexibility index (Phi) is 5.39.